The molecule has 6 heteroatoms. The van der Waals surface area contributed by atoms with E-state index in [9.17, 15) is 23.3 Å². The van der Waals surface area contributed by atoms with Crippen molar-refractivity contribution in [3.8, 4) is 0 Å². The quantitative estimate of drug-likeness (QED) is 0.550. The lowest BCUT2D eigenvalue weighted by atomic mass is 10.1. The highest BCUT2D eigenvalue weighted by molar-refractivity contribution is 5.42. The van der Waals surface area contributed by atoms with Crippen molar-refractivity contribution in [3.63, 3.8) is 0 Å². The van der Waals surface area contributed by atoms with Crippen LogP contribution in [-0.4, -0.2) is 4.92 Å². The Morgan fingerprint density at radius 2 is 2.00 bits per heavy atom. The van der Waals surface area contributed by atoms with Crippen LogP contribution < -0.4 is 0 Å². The highest BCUT2D eigenvalue weighted by Crippen LogP contribution is 2.34. The molecule has 0 radical (unpaired) electrons. The molecule has 0 amide bonds. The number of halogens is 3. The van der Waals surface area contributed by atoms with Gasteiger partial charge in [-0.05, 0) is 12.1 Å². The van der Waals surface area contributed by atoms with Crippen molar-refractivity contribution >= 4 is 5.69 Å². The number of nitro benzene ring substituents is 1. The second-order valence-corrected chi connectivity index (χ2v) is 2.81. The van der Waals surface area contributed by atoms with E-state index in [1.54, 1.807) is 0 Å². The molecule has 0 aliphatic rings. The molecule has 0 aliphatic heterocycles. The van der Waals surface area contributed by atoms with Gasteiger partial charge in [0.1, 0.15) is 11.4 Å². The van der Waals surface area contributed by atoms with Gasteiger partial charge in [-0.25, -0.2) is 13.2 Å². The molecule has 76 valence electrons. The summed E-state index contributed by atoms with van der Waals surface area (Å²) in [6.45, 7) is 0.481. The van der Waals surface area contributed by atoms with Gasteiger partial charge in [0.15, 0.2) is 0 Å². The van der Waals surface area contributed by atoms with Crippen LogP contribution in [0.25, 0.3) is 0 Å². The van der Waals surface area contributed by atoms with Crippen molar-refractivity contribution < 1.29 is 18.1 Å². The van der Waals surface area contributed by atoms with Gasteiger partial charge in [0, 0.05) is 13.0 Å². The Kier molecular flexibility index (Phi) is 2.46. The maximum atomic E-state index is 12.8. The van der Waals surface area contributed by atoms with Gasteiger partial charge in [-0.2, -0.15) is 0 Å². The molecule has 0 bridgehead atoms. The van der Waals surface area contributed by atoms with Crippen LogP contribution in [-0.2, 0) is 5.92 Å². The van der Waals surface area contributed by atoms with Gasteiger partial charge in [0.05, 0.1) is 4.92 Å². The van der Waals surface area contributed by atoms with Crippen molar-refractivity contribution in [2.24, 2.45) is 0 Å². The minimum atomic E-state index is -3.43. The molecule has 3 nitrogen and oxygen atoms in total. The fourth-order valence-corrected chi connectivity index (χ4v) is 1.02. The van der Waals surface area contributed by atoms with Crippen LogP contribution >= 0.6 is 0 Å². The summed E-state index contributed by atoms with van der Waals surface area (Å²) < 4.78 is 38.2. The molecule has 1 aromatic rings. The zero-order valence-electron chi connectivity index (χ0n) is 7.13. The van der Waals surface area contributed by atoms with Crippen molar-refractivity contribution in [1.82, 2.24) is 0 Å². The van der Waals surface area contributed by atoms with E-state index in [2.05, 4.69) is 0 Å². The minimum Gasteiger partial charge on any atom is -0.258 e. The molecule has 1 rings (SSSR count). The average Bonchev–Trinajstić information content (AvgIpc) is 2.01. The van der Waals surface area contributed by atoms with Crippen LogP contribution in [0.15, 0.2) is 18.2 Å². The highest BCUT2D eigenvalue weighted by atomic mass is 19.3. The van der Waals surface area contributed by atoms with Gasteiger partial charge >= 0.3 is 0 Å². The maximum Gasteiger partial charge on any atom is 0.278 e. The monoisotopic (exact) mass is 205 g/mol. The van der Waals surface area contributed by atoms with E-state index in [4.69, 9.17) is 0 Å². The van der Waals surface area contributed by atoms with Crippen molar-refractivity contribution in [2.75, 3.05) is 0 Å². The summed E-state index contributed by atoms with van der Waals surface area (Å²) in [6.07, 6.45) is 0. The summed E-state index contributed by atoms with van der Waals surface area (Å²) in [7, 11) is 0. The highest BCUT2D eigenvalue weighted by Gasteiger charge is 2.33. The molecule has 0 spiro atoms. The topological polar surface area (TPSA) is 43.1 Å². The number of nitro groups is 1. The Hall–Kier alpha value is -1.59. The van der Waals surface area contributed by atoms with Crippen LogP contribution in [0.2, 0.25) is 0 Å². The third-order valence-corrected chi connectivity index (χ3v) is 1.63. The fourth-order valence-electron chi connectivity index (χ4n) is 1.02. The van der Waals surface area contributed by atoms with Gasteiger partial charge < -0.3 is 0 Å². The number of hydrogen-bond acceptors (Lipinski definition) is 2. The summed E-state index contributed by atoms with van der Waals surface area (Å²) in [5.74, 6) is -4.35. The third kappa shape index (κ3) is 2.01. The second-order valence-electron chi connectivity index (χ2n) is 2.81. The predicted molar refractivity (Wildman–Crippen MR) is 42.6 cm³/mol. The molecule has 0 aliphatic carbocycles. The number of nitrogens with zero attached hydrogens (tertiary/aromatic N) is 1. The molecule has 14 heavy (non-hydrogen) atoms. The van der Waals surface area contributed by atoms with E-state index >= 15 is 0 Å². The predicted octanol–water partition coefficient (Wildman–Crippen LogP) is 2.85. The van der Waals surface area contributed by atoms with E-state index in [0.29, 0.717) is 13.0 Å². The maximum absolute atomic E-state index is 12.8. The molecule has 0 aromatic heterocycles. The lowest BCUT2D eigenvalue weighted by Crippen LogP contribution is -2.10. The summed E-state index contributed by atoms with van der Waals surface area (Å²) >= 11 is 0. The first-order valence-electron chi connectivity index (χ1n) is 3.64. The van der Waals surface area contributed by atoms with E-state index in [1.807, 2.05) is 0 Å². The molecule has 0 fully saturated rings. The SMILES string of the molecule is CC(F)(F)c1cc(F)ccc1[N+](=O)[O-]. The normalized spacial score (nSPS) is 11.4. The molecular formula is C8H6F3NO2. The van der Waals surface area contributed by atoms with Crippen LogP contribution in [0.3, 0.4) is 0 Å². The molecule has 0 saturated carbocycles. The first-order valence-corrected chi connectivity index (χ1v) is 3.64. The molecule has 0 N–H and O–H groups in total. The average molecular weight is 205 g/mol. The first kappa shape index (κ1) is 10.5. The van der Waals surface area contributed by atoms with E-state index in [0.717, 1.165) is 12.1 Å². The molecule has 0 heterocycles. The zero-order valence-corrected chi connectivity index (χ0v) is 7.13. The summed E-state index contributed by atoms with van der Waals surface area (Å²) in [5, 5.41) is 10.3. The van der Waals surface area contributed by atoms with Crippen molar-refractivity contribution in [3.05, 3.63) is 39.7 Å². The standard InChI is InChI=1S/C8H6F3NO2/c1-8(10,11)6-4-5(9)2-3-7(6)12(13)14/h2-4H,1H3. The summed E-state index contributed by atoms with van der Waals surface area (Å²) in [4.78, 5) is 9.36. The van der Waals surface area contributed by atoms with Gasteiger partial charge in [0.2, 0.25) is 0 Å². The molecular weight excluding hydrogens is 199 g/mol. The minimum absolute atomic E-state index is 0.470. The van der Waals surface area contributed by atoms with Crippen LogP contribution in [0.4, 0.5) is 18.9 Å². The fraction of sp³-hybridized carbons (Fsp3) is 0.250. The number of alkyl halides is 2. The lowest BCUT2D eigenvalue weighted by Gasteiger charge is -2.10. The molecule has 0 atom stereocenters. The van der Waals surface area contributed by atoms with Gasteiger partial charge in [-0.15, -0.1) is 0 Å². The molecule has 0 saturated heterocycles. The van der Waals surface area contributed by atoms with Crippen LogP contribution in [0.5, 0.6) is 0 Å². The van der Waals surface area contributed by atoms with Crippen molar-refractivity contribution in [2.45, 2.75) is 12.8 Å². The Bertz CT molecular complexity index is 373. The number of hydrogen-bond donors (Lipinski definition) is 0. The summed E-state index contributed by atoms with van der Waals surface area (Å²) in [5.41, 5.74) is -1.69. The van der Waals surface area contributed by atoms with E-state index in [1.165, 1.54) is 0 Å². The van der Waals surface area contributed by atoms with E-state index < -0.39 is 27.9 Å². The zero-order chi connectivity index (χ0) is 10.9. The van der Waals surface area contributed by atoms with Gasteiger partial charge in [-0.1, -0.05) is 0 Å². The Morgan fingerprint density at radius 1 is 1.43 bits per heavy atom. The summed E-state index contributed by atoms with van der Waals surface area (Å²) in [6, 6.07) is 1.97. The molecule has 1 aromatic carbocycles. The largest absolute Gasteiger partial charge is 0.278 e. The van der Waals surface area contributed by atoms with Gasteiger partial charge in [-0.3, -0.25) is 10.1 Å². The second kappa shape index (κ2) is 3.28. The Labute approximate surface area is 77.3 Å². The van der Waals surface area contributed by atoms with Gasteiger partial charge in [0.25, 0.3) is 11.6 Å². The third-order valence-electron chi connectivity index (χ3n) is 1.63. The van der Waals surface area contributed by atoms with Crippen molar-refractivity contribution in [1.29, 1.82) is 0 Å². The van der Waals surface area contributed by atoms with Crippen LogP contribution in [0.1, 0.15) is 12.5 Å². The van der Waals surface area contributed by atoms with Crippen LogP contribution in [0, 0.1) is 15.9 Å². The lowest BCUT2D eigenvalue weighted by molar-refractivity contribution is -0.387. The Balaban J connectivity index is 3.38. The molecule has 0 unspecified atom stereocenters. The number of rotatable bonds is 2. The van der Waals surface area contributed by atoms with E-state index in [-0.39, 0.29) is 0 Å². The number of benzene rings is 1. The smallest absolute Gasteiger partial charge is 0.258 e. The Morgan fingerprint density at radius 3 is 2.43 bits per heavy atom. The first-order chi connectivity index (χ1) is 6.32.